The van der Waals surface area contributed by atoms with Gasteiger partial charge >= 0.3 is 0 Å². The number of methoxy groups -OCH3 is 2. The first-order valence-corrected chi connectivity index (χ1v) is 9.38. The van der Waals surface area contributed by atoms with E-state index in [1.807, 2.05) is 0 Å². The summed E-state index contributed by atoms with van der Waals surface area (Å²) in [5.41, 5.74) is 0.732. The van der Waals surface area contributed by atoms with Gasteiger partial charge in [-0.2, -0.15) is 0 Å². The first-order valence-electron chi connectivity index (χ1n) is 7.90. The summed E-state index contributed by atoms with van der Waals surface area (Å²) in [6.07, 6.45) is 0. The molecule has 2 aromatic rings. The van der Waals surface area contributed by atoms with Gasteiger partial charge in [0.15, 0.2) is 0 Å². The summed E-state index contributed by atoms with van der Waals surface area (Å²) >= 11 is 0. The van der Waals surface area contributed by atoms with Crippen LogP contribution in [0.5, 0.6) is 11.5 Å². The first kappa shape index (κ1) is 18.1. The van der Waals surface area contributed by atoms with Crippen molar-refractivity contribution < 1.29 is 22.7 Å². The predicted octanol–water partition coefficient (Wildman–Crippen LogP) is 2.73. The fraction of sp³-hybridized carbons (Fsp3) is 0.278. The van der Waals surface area contributed by atoms with E-state index in [4.69, 9.17) is 9.47 Å². The zero-order valence-corrected chi connectivity index (χ0v) is 15.7. The molecule has 0 radical (unpaired) electrons. The van der Waals surface area contributed by atoms with E-state index in [9.17, 15) is 13.2 Å². The highest BCUT2D eigenvalue weighted by molar-refractivity contribution is 7.92. The van der Waals surface area contributed by atoms with Gasteiger partial charge in [0.05, 0.1) is 30.2 Å². The maximum absolute atomic E-state index is 12.8. The number of ether oxygens (including phenoxy) is 2. The molecule has 0 atom stereocenters. The molecule has 1 heterocycles. The molecule has 2 N–H and O–H groups in total. The number of sulfonamides is 1. The van der Waals surface area contributed by atoms with Crippen molar-refractivity contribution in [1.29, 1.82) is 0 Å². The standard InChI is InChI=1S/C18H20N2O5S/c1-18(2)13-10-12(6-7-14(13)19-17(18)21)26(22,23)20-15-9-11(24-3)5-8-16(15)25-4/h5-10,20H,1-4H3,(H,19,21). The van der Waals surface area contributed by atoms with Crippen LogP contribution in [0.4, 0.5) is 11.4 Å². The molecule has 3 rings (SSSR count). The fourth-order valence-corrected chi connectivity index (χ4v) is 3.90. The van der Waals surface area contributed by atoms with Crippen LogP contribution in [0.1, 0.15) is 19.4 Å². The van der Waals surface area contributed by atoms with Gasteiger partial charge in [-0.1, -0.05) is 0 Å². The number of rotatable bonds is 5. The fourth-order valence-electron chi connectivity index (χ4n) is 2.81. The summed E-state index contributed by atoms with van der Waals surface area (Å²) in [7, 11) is -0.939. The molecule has 7 nitrogen and oxygen atoms in total. The molecule has 0 saturated carbocycles. The molecule has 0 saturated heterocycles. The number of nitrogens with one attached hydrogen (secondary N) is 2. The predicted molar refractivity (Wildman–Crippen MR) is 98.5 cm³/mol. The number of carbonyl (C=O) groups is 1. The highest BCUT2D eigenvalue weighted by atomic mass is 32.2. The molecule has 0 fully saturated rings. The Kier molecular flexibility index (Phi) is 4.31. The number of fused-ring (bicyclic) bond motifs is 1. The van der Waals surface area contributed by atoms with Crippen LogP contribution in [0, 0.1) is 0 Å². The van der Waals surface area contributed by atoms with Crippen molar-refractivity contribution in [3.8, 4) is 11.5 Å². The summed E-state index contributed by atoms with van der Waals surface area (Å²) in [6.45, 7) is 3.51. The largest absolute Gasteiger partial charge is 0.497 e. The Bertz CT molecular complexity index is 983. The second kappa shape index (κ2) is 6.21. The monoisotopic (exact) mass is 376 g/mol. The van der Waals surface area contributed by atoms with Gasteiger partial charge in [0, 0.05) is 11.8 Å². The summed E-state index contributed by atoms with van der Waals surface area (Å²) in [4.78, 5) is 12.1. The molecule has 0 bridgehead atoms. The lowest BCUT2D eigenvalue weighted by Gasteiger charge is -2.17. The molecule has 0 spiro atoms. The smallest absolute Gasteiger partial charge is 0.262 e. The van der Waals surface area contributed by atoms with Crippen LogP contribution < -0.4 is 19.5 Å². The van der Waals surface area contributed by atoms with Gasteiger partial charge in [-0.05, 0) is 49.7 Å². The minimum atomic E-state index is -3.88. The van der Waals surface area contributed by atoms with Crippen molar-refractivity contribution in [3.05, 3.63) is 42.0 Å². The van der Waals surface area contributed by atoms with E-state index in [1.54, 1.807) is 38.1 Å². The van der Waals surface area contributed by atoms with Gasteiger partial charge in [0.25, 0.3) is 10.0 Å². The molecule has 26 heavy (non-hydrogen) atoms. The van der Waals surface area contributed by atoms with E-state index in [0.29, 0.717) is 22.7 Å². The van der Waals surface area contributed by atoms with E-state index >= 15 is 0 Å². The van der Waals surface area contributed by atoms with E-state index in [2.05, 4.69) is 10.0 Å². The molecular formula is C18H20N2O5S. The van der Waals surface area contributed by atoms with E-state index in [0.717, 1.165) is 0 Å². The molecule has 138 valence electrons. The maximum Gasteiger partial charge on any atom is 0.262 e. The van der Waals surface area contributed by atoms with Crippen LogP contribution in [-0.2, 0) is 20.2 Å². The van der Waals surface area contributed by atoms with Gasteiger partial charge in [0.2, 0.25) is 5.91 Å². The minimum absolute atomic E-state index is 0.0608. The summed E-state index contributed by atoms with van der Waals surface area (Å²) in [5.74, 6) is 0.700. The van der Waals surface area contributed by atoms with Crippen LogP contribution in [0.3, 0.4) is 0 Å². The van der Waals surface area contributed by atoms with Crippen LogP contribution >= 0.6 is 0 Å². The number of amides is 1. The van der Waals surface area contributed by atoms with Crippen molar-refractivity contribution in [2.45, 2.75) is 24.2 Å². The Balaban J connectivity index is 2.01. The van der Waals surface area contributed by atoms with Crippen molar-refractivity contribution in [2.24, 2.45) is 0 Å². The summed E-state index contributed by atoms with van der Waals surface area (Å²) in [6, 6.07) is 9.40. The second-order valence-electron chi connectivity index (χ2n) is 6.46. The lowest BCUT2D eigenvalue weighted by atomic mass is 9.86. The van der Waals surface area contributed by atoms with E-state index in [1.165, 1.54) is 26.4 Å². The highest BCUT2D eigenvalue weighted by Gasteiger charge is 2.39. The number of anilines is 2. The molecule has 1 amide bonds. The zero-order valence-electron chi connectivity index (χ0n) is 14.9. The number of hydrogen-bond donors (Lipinski definition) is 2. The minimum Gasteiger partial charge on any atom is -0.497 e. The quantitative estimate of drug-likeness (QED) is 0.837. The topological polar surface area (TPSA) is 93.7 Å². The van der Waals surface area contributed by atoms with Crippen molar-refractivity contribution >= 4 is 27.3 Å². The number of carbonyl (C=O) groups excluding carboxylic acids is 1. The van der Waals surface area contributed by atoms with Crippen molar-refractivity contribution in [3.63, 3.8) is 0 Å². The third-order valence-electron chi connectivity index (χ3n) is 4.44. The average molecular weight is 376 g/mol. The number of benzene rings is 2. The first-order chi connectivity index (χ1) is 12.2. The van der Waals surface area contributed by atoms with Gasteiger partial charge in [-0.15, -0.1) is 0 Å². The normalized spacial score (nSPS) is 15.2. The van der Waals surface area contributed by atoms with Gasteiger partial charge in [-0.25, -0.2) is 8.42 Å². The van der Waals surface area contributed by atoms with Gasteiger partial charge in [0.1, 0.15) is 11.5 Å². The van der Waals surface area contributed by atoms with E-state index in [-0.39, 0.29) is 16.5 Å². The second-order valence-corrected chi connectivity index (χ2v) is 8.14. The van der Waals surface area contributed by atoms with Crippen LogP contribution in [0.25, 0.3) is 0 Å². The number of hydrogen-bond acceptors (Lipinski definition) is 5. The Labute approximate surface area is 152 Å². The van der Waals surface area contributed by atoms with Gasteiger partial charge < -0.3 is 14.8 Å². The van der Waals surface area contributed by atoms with E-state index < -0.39 is 15.4 Å². The van der Waals surface area contributed by atoms with Crippen molar-refractivity contribution in [1.82, 2.24) is 0 Å². The lowest BCUT2D eigenvalue weighted by molar-refractivity contribution is -0.119. The molecule has 1 aliphatic heterocycles. The molecule has 2 aromatic carbocycles. The van der Waals surface area contributed by atoms with Crippen LogP contribution in [0.15, 0.2) is 41.3 Å². The Morgan fingerprint density at radius 1 is 1.04 bits per heavy atom. The molecule has 8 heteroatoms. The average Bonchev–Trinajstić information content (AvgIpc) is 2.83. The lowest BCUT2D eigenvalue weighted by Crippen LogP contribution is -2.27. The zero-order chi connectivity index (χ0) is 19.1. The third kappa shape index (κ3) is 2.96. The Morgan fingerprint density at radius 2 is 1.77 bits per heavy atom. The third-order valence-corrected chi connectivity index (χ3v) is 5.80. The van der Waals surface area contributed by atoms with Gasteiger partial charge in [-0.3, -0.25) is 9.52 Å². The SMILES string of the molecule is COc1ccc(OC)c(NS(=O)(=O)c2ccc3c(c2)C(C)(C)C(=O)N3)c1. The summed E-state index contributed by atoms with van der Waals surface area (Å²) in [5, 5.41) is 2.76. The van der Waals surface area contributed by atoms with Crippen molar-refractivity contribution in [2.75, 3.05) is 24.3 Å². The van der Waals surface area contributed by atoms with Crippen LogP contribution in [-0.4, -0.2) is 28.5 Å². The molecule has 1 aliphatic rings. The Hall–Kier alpha value is -2.74. The molecule has 0 aliphatic carbocycles. The molecule has 0 aromatic heterocycles. The Morgan fingerprint density at radius 3 is 2.42 bits per heavy atom. The highest BCUT2D eigenvalue weighted by Crippen LogP contribution is 2.39. The maximum atomic E-state index is 12.8. The molecule has 0 unspecified atom stereocenters. The summed E-state index contributed by atoms with van der Waals surface area (Å²) < 4.78 is 38.6. The van der Waals surface area contributed by atoms with Crippen LogP contribution in [0.2, 0.25) is 0 Å². The molecular weight excluding hydrogens is 356 g/mol.